The summed E-state index contributed by atoms with van der Waals surface area (Å²) in [6, 6.07) is 1.97. The molecule has 118 valence electrons. The van der Waals surface area contributed by atoms with Crippen LogP contribution in [-0.2, 0) is 11.3 Å². The fraction of sp³-hybridized carbons (Fsp3) is 0.600. The minimum Gasteiger partial charge on any atom is -0.340 e. The van der Waals surface area contributed by atoms with Gasteiger partial charge >= 0.3 is 0 Å². The Balaban J connectivity index is 1.65. The van der Waals surface area contributed by atoms with Gasteiger partial charge in [0.15, 0.2) is 5.82 Å². The van der Waals surface area contributed by atoms with Crippen LogP contribution in [0.5, 0.6) is 0 Å². The summed E-state index contributed by atoms with van der Waals surface area (Å²) in [6.45, 7) is 7.09. The second kappa shape index (κ2) is 5.90. The summed E-state index contributed by atoms with van der Waals surface area (Å²) in [5.41, 5.74) is 2.06. The van der Waals surface area contributed by atoms with Gasteiger partial charge in [-0.3, -0.25) is 9.48 Å². The van der Waals surface area contributed by atoms with Crippen LogP contribution in [0.25, 0.3) is 0 Å². The van der Waals surface area contributed by atoms with E-state index in [1.807, 2.05) is 29.5 Å². The smallest absolute Gasteiger partial charge is 0.225 e. The highest BCUT2D eigenvalue weighted by Crippen LogP contribution is 2.30. The summed E-state index contributed by atoms with van der Waals surface area (Å²) in [6.07, 6.45) is 2.31. The standard InChI is InChI=1S/C15H21N5O2/c1-10-9-11(2)20(17-10)8-6-14(21)19-7-4-5-13(19)15-16-12(3)22-18-15/h9,13H,4-8H2,1-3H3/t13-/m1/s1. The SMILES string of the molecule is Cc1cc(C)n(CCC(=O)N2CCC[C@@H]2c2noc(C)n2)n1. The number of carbonyl (C=O) groups excluding carboxylic acids is 1. The first-order valence-corrected chi connectivity index (χ1v) is 7.65. The minimum absolute atomic E-state index is 0.0506. The number of nitrogens with zero attached hydrogens (tertiary/aromatic N) is 5. The van der Waals surface area contributed by atoms with E-state index in [1.165, 1.54) is 0 Å². The maximum Gasteiger partial charge on any atom is 0.225 e. The van der Waals surface area contributed by atoms with E-state index < -0.39 is 0 Å². The summed E-state index contributed by atoms with van der Waals surface area (Å²) in [7, 11) is 0. The van der Waals surface area contributed by atoms with Gasteiger partial charge in [0.2, 0.25) is 11.8 Å². The van der Waals surface area contributed by atoms with E-state index in [4.69, 9.17) is 4.52 Å². The summed E-state index contributed by atoms with van der Waals surface area (Å²) < 4.78 is 6.93. The van der Waals surface area contributed by atoms with Crippen LogP contribution in [0, 0.1) is 20.8 Å². The molecule has 1 aliphatic rings. The van der Waals surface area contributed by atoms with Crippen LogP contribution >= 0.6 is 0 Å². The molecule has 1 saturated heterocycles. The molecule has 2 aromatic rings. The van der Waals surface area contributed by atoms with Crippen LogP contribution < -0.4 is 0 Å². The largest absolute Gasteiger partial charge is 0.340 e. The highest BCUT2D eigenvalue weighted by Gasteiger charge is 2.32. The highest BCUT2D eigenvalue weighted by atomic mass is 16.5. The van der Waals surface area contributed by atoms with Crippen molar-refractivity contribution in [1.29, 1.82) is 0 Å². The number of aryl methyl sites for hydroxylation is 4. The average Bonchev–Trinajstić information content (AvgIpc) is 3.16. The zero-order valence-electron chi connectivity index (χ0n) is 13.2. The molecule has 1 aliphatic heterocycles. The van der Waals surface area contributed by atoms with Gasteiger partial charge in [0, 0.05) is 32.1 Å². The van der Waals surface area contributed by atoms with Crippen molar-refractivity contribution in [2.45, 2.75) is 52.6 Å². The predicted octanol–water partition coefficient (Wildman–Crippen LogP) is 1.95. The van der Waals surface area contributed by atoms with Gasteiger partial charge in [-0.05, 0) is 32.8 Å². The Labute approximate surface area is 129 Å². The Morgan fingerprint density at radius 3 is 2.86 bits per heavy atom. The molecule has 2 aromatic heterocycles. The number of hydrogen-bond donors (Lipinski definition) is 0. The maximum atomic E-state index is 12.5. The molecule has 0 aromatic carbocycles. The van der Waals surface area contributed by atoms with Gasteiger partial charge in [-0.25, -0.2) is 0 Å². The second-order valence-electron chi connectivity index (χ2n) is 5.82. The fourth-order valence-electron chi connectivity index (χ4n) is 3.03. The average molecular weight is 303 g/mol. The van der Waals surface area contributed by atoms with Crippen LogP contribution in [0.15, 0.2) is 10.6 Å². The Hall–Kier alpha value is -2.18. The fourth-order valence-corrected chi connectivity index (χ4v) is 3.03. The lowest BCUT2D eigenvalue weighted by molar-refractivity contribution is -0.132. The van der Waals surface area contributed by atoms with Crippen LogP contribution in [0.1, 0.15) is 48.4 Å². The predicted molar refractivity (Wildman–Crippen MR) is 79.0 cm³/mol. The van der Waals surface area contributed by atoms with Crippen molar-refractivity contribution < 1.29 is 9.32 Å². The normalized spacial score (nSPS) is 18.1. The van der Waals surface area contributed by atoms with E-state index >= 15 is 0 Å². The summed E-state index contributed by atoms with van der Waals surface area (Å²) in [5, 5.41) is 8.36. The van der Waals surface area contributed by atoms with Gasteiger partial charge in [0.25, 0.3) is 0 Å². The third-order valence-electron chi connectivity index (χ3n) is 4.06. The molecular formula is C15H21N5O2. The number of carbonyl (C=O) groups is 1. The number of hydrogen-bond acceptors (Lipinski definition) is 5. The first-order valence-electron chi connectivity index (χ1n) is 7.65. The van der Waals surface area contributed by atoms with E-state index in [9.17, 15) is 4.79 Å². The highest BCUT2D eigenvalue weighted by molar-refractivity contribution is 5.76. The summed E-state index contributed by atoms with van der Waals surface area (Å²) >= 11 is 0. The molecule has 1 atom stereocenters. The molecule has 1 fully saturated rings. The lowest BCUT2D eigenvalue weighted by atomic mass is 10.2. The number of likely N-dealkylation sites (tertiary alicyclic amines) is 1. The van der Waals surface area contributed by atoms with Crippen molar-refractivity contribution in [2.75, 3.05) is 6.54 Å². The van der Waals surface area contributed by atoms with Crippen molar-refractivity contribution in [3.05, 3.63) is 29.2 Å². The molecule has 7 nitrogen and oxygen atoms in total. The number of aromatic nitrogens is 4. The van der Waals surface area contributed by atoms with E-state index in [0.29, 0.717) is 24.7 Å². The van der Waals surface area contributed by atoms with Crippen LogP contribution in [0.3, 0.4) is 0 Å². The molecule has 0 bridgehead atoms. The Bertz CT molecular complexity index is 675. The first-order chi connectivity index (χ1) is 10.5. The minimum atomic E-state index is -0.0506. The van der Waals surface area contributed by atoms with Gasteiger partial charge in [0.1, 0.15) is 0 Å². The van der Waals surface area contributed by atoms with Crippen molar-refractivity contribution in [2.24, 2.45) is 0 Å². The van der Waals surface area contributed by atoms with Gasteiger partial charge in [0.05, 0.1) is 11.7 Å². The van der Waals surface area contributed by atoms with E-state index in [0.717, 1.165) is 30.8 Å². The topological polar surface area (TPSA) is 77.0 Å². The van der Waals surface area contributed by atoms with Crippen molar-refractivity contribution in [1.82, 2.24) is 24.8 Å². The molecular weight excluding hydrogens is 282 g/mol. The number of rotatable bonds is 4. The van der Waals surface area contributed by atoms with Crippen LogP contribution in [0.2, 0.25) is 0 Å². The molecule has 22 heavy (non-hydrogen) atoms. The molecule has 0 saturated carbocycles. The Morgan fingerprint density at radius 1 is 1.41 bits per heavy atom. The third kappa shape index (κ3) is 2.88. The van der Waals surface area contributed by atoms with E-state index in [-0.39, 0.29) is 11.9 Å². The molecule has 0 N–H and O–H groups in total. The molecule has 1 amide bonds. The molecule has 0 spiro atoms. The van der Waals surface area contributed by atoms with Gasteiger partial charge in [-0.1, -0.05) is 5.16 Å². The first kappa shape index (κ1) is 14.7. The van der Waals surface area contributed by atoms with Gasteiger partial charge in [-0.2, -0.15) is 10.1 Å². The molecule has 0 aliphatic carbocycles. The Morgan fingerprint density at radius 2 is 2.23 bits per heavy atom. The quantitative estimate of drug-likeness (QED) is 0.862. The van der Waals surface area contributed by atoms with Crippen LogP contribution in [0.4, 0.5) is 0 Å². The lowest BCUT2D eigenvalue weighted by Gasteiger charge is -2.22. The Kier molecular flexibility index (Phi) is 3.96. The van der Waals surface area contributed by atoms with E-state index in [2.05, 4.69) is 15.2 Å². The van der Waals surface area contributed by atoms with E-state index in [1.54, 1.807) is 6.92 Å². The van der Waals surface area contributed by atoms with Crippen molar-refractivity contribution in [3.8, 4) is 0 Å². The van der Waals surface area contributed by atoms with Crippen molar-refractivity contribution >= 4 is 5.91 Å². The van der Waals surface area contributed by atoms with Crippen molar-refractivity contribution in [3.63, 3.8) is 0 Å². The monoisotopic (exact) mass is 303 g/mol. The molecule has 7 heteroatoms. The van der Waals surface area contributed by atoms with Gasteiger partial charge in [-0.15, -0.1) is 0 Å². The summed E-state index contributed by atoms with van der Waals surface area (Å²) in [5.74, 6) is 1.28. The third-order valence-corrected chi connectivity index (χ3v) is 4.06. The zero-order valence-corrected chi connectivity index (χ0v) is 13.2. The lowest BCUT2D eigenvalue weighted by Crippen LogP contribution is -2.31. The van der Waals surface area contributed by atoms with Gasteiger partial charge < -0.3 is 9.42 Å². The maximum absolute atomic E-state index is 12.5. The second-order valence-corrected chi connectivity index (χ2v) is 5.82. The summed E-state index contributed by atoms with van der Waals surface area (Å²) in [4.78, 5) is 18.7. The number of amides is 1. The van der Waals surface area contributed by atoms with Crippen LogP contribution in [-0.4, -0.2) is 37.3 Å². The zero-order chi connectivity index (χ0) is 15.7. The molecule has 3 heterocycles. The molecule has 3 rings (SSSR count). The molecule has 0 unspecified atom stereocenters. The molecule has 0 radical (unpaired) electrons.